The van der Waals surface area contributed by atoms with Crippen molar-refractivity contribution >= 4 is 66.2 Å². The Hall–Kier alpha value is -2.31. The molecule has 3 aromatic heterocycles. The molecule has 0 bridgehead atoms. The Morgan fingerprint density at radius 3 is 2.88 bits per heavy atom. The van der Waals surface area contributed by atoms with Crippen LogP contribution in [0, 0.1) is 12.8 Å². The van der Waals surface area contributed by atoms with Gasteiger partial charge < -0.3 is 5.32 Å². The summed E-state index contributed by atoms with van der Waals surface area (Å²) in [5, 5.41) is 10.3. The number of para-hydroxylation sites is 1. The lowest BCUT2D eigenvalue weighted by atomic mass is 9.99. The number of carbonyl (C=O) groups excluding carboxylic acids is 1. The van der Waals surface area contributed by atoms with Crippen LogP contribution in [-0.2, 0) is 14.8 Å². The molecule has 0 saturated carbocycles. The fraction of sp³-hybridized carbons (Fsp3) is 0.286. The van der Waals surface area contributed by atoms with E-state index in [4.69, 9.17) is 11.6 Å². The van der Waals surface area contributed by atoms with E-state index in [0.29, 0.717) is 45.1 Å². The average Bonchev–Trinajstić information content (AvgIpc) is 3.54. The largest absolute Gasteiger partial charge is 0.310 e. The Morgan fingerprint density at radius 2 is 2.12 bits per heavy atom. The first kappa shape index (κ1) is 22.5. The van der Waals surface area contributed by atoms with Crippen LogP contribution in [0.2, 0.25) is 5.02 Å². The van der Waals surface area contributed by atoms with Gasteiger partial charge in [0.05, 0.1) is 21.3 Å². The van der Waals surface area contributed by atoms with Crippen LogP contribution in [-0.4, -0.2) is 46.5 Å². The first-order valence-corrected chi connectivity index (χ1v) is 13.8. The number of benzene rings is 1. The molecule has 1 amide bonds. The molecular weight excluding hydrogens is 502 g/mol. The van der Waals surface area contributed by atoms with E-state index in [1.807, 2.05) is 19.1 Å². The maximum atomic E-state index is 13.1. The third-order valence-corrected chi connectivity index (χ3v) is 10.0. The molecule has 1 N–H and O–H groups in total. The van der Waals surface area contributed by atoms with Crippen LogP contribution in [0.25, 0.3) is 15.3 Å². The van der Waals surface area contributed by atoms with E-state index in [-0.39, 0.29) is 12.5 Å². The van der Waals surface area contributed by atoms with Crippen molar-refractivity contribution in [3.05, 3.63) is 52.5 Å². The van der Waals surface area contributed by atoms with E-state index >= 15 is 0 Å². The van der Waals surface area contributed by atoms with Gasteiger partial charge in [-0.05, 0) is 43.3 Å². The lowest BCUT2D eigenvalue weighted by Crippen LogP contribution is -2.43. The van der Waals surface area contributed by atoms with Crippen molar-refractivity contribution < 1.29 is 13.2 Å². The first-order valence-electron chi connectivity index (χ1n) is 10.3. The highest BCUT2D eigenvalue weighted by Gasteiger charge is 2.34. The number of hydrogen-bond acceptors (Lipinski definition) is 7. The van der Waals surface area contributed by atoms with Gasteiger partial charge in [-0.2, -0.15) is 14.1 Å². The molecule has 8 nitrogen and oxygen atoms in total. The third-order valence-electron chi connectivity index (χ3n) is 5.47. The number of carbonyl (C=O) groups is 1. The lowest BCUT2D eigenvalue weighted by Gasteiger charge is -2.30. The number of aromatic nitrogens is 3. The summed E-state index contributed by atoms with van der Waals surface area (Å²) in [7, 11) is -3.59. The van der Waals surface area contributed by atoms with Crippen molar-refractivity contribution in [1.29, 1.82) is 0 Å². The van der Waals surface area contributed by atoms with Crippen molar-refractivity contribution in [2.24, 2.45) is 5.92 Å². The summed E-state index contributed by atoms with van der Waals surface area (Å²) in [4.78, 5) is 17.7. The van der Waals surface area contributed by atoms with Crippen molar-refractivity contribution in [1.82, 2.24) is 19.1 Å². The normalized spacial score (nSPS) is 17.5. The van der Waals surface area contributed by atoms with Gasteiger partial charge in [0.25, 0.3) is 10.0 Å². The number of halogens is 1. The monoisotopic (exact) mass is 521 g/mol. The molecular formula is C21H20ClN5O3S3. The van der Waals surface area contributed by atoms with E-state index in [9.17, 15) is 13.2 Å². The molecule has 4 aromatic rings. The van der Waals surface area contributed by atoms with Crippen LogP contribution in [0.3, 0.4) is 0 Å². The Balaban J connectivity index is 1.37. The molecule has 33 heavy (non-hydrogen) atoms. The molecule has 0 radical (unpaired) electrons. The topological polar surface area (TPSA) is 97.2 Å². The Morgan fingerprint density at radius 1 is 1.27 bits per heavy atom. The molecule has 0 aliphatic carbocycles. The summed E-state index contributed by atoms with van der Waals surface area (Å²) >= 11 is 8.88. The quantitative estimate of drug-likeness (QED) is 0.415. The zero-order chi connectivity index (χ0) is 23.2. The predicted molar refractivity (Wildman–Crippen MR) is 131 cm³/mol. The molecule has 1 fully saturated rings. The van der Waals surface area contributed by atoms with Crippen LogP contribution >= 0.6 is 34.3 Å². The number of aryl methyl sites for hydroxylation is 1. The van der Waals surface area contributed by atoms with Crippen molar-refractivity contribution in [2.75, 3.05) is 18.4 Å². The van der Waals surface area contributed by atoms with Crippen molar-refractivity contribution in [3.63, 3.8) is 0 Å². The number of anilines is 1. The molecule has 0 spiro atoms. The molecule has 172 valence electrons. The summed E-state index contributed by atoms with van der Waals surface area (Å²) in [6, 6.07) is 10.7. The number of fused-ring (bicyclic) bond motifs is 1. The highest BCUT2D eigenvalue weighted by molar-refractivity contribution is 7.91. The number of amides is 1. The van der Waals surface area contributed by atoms with Crippen LogP contribution < -0.4 is 5.32 Å². The Bertz CT molecular complexity index is 1430. The molecule has 12 heteroatoms. The number of sulfonamides is 1. The maximum Gasteiger partial charge on any atom is 0.252 e. The zero-order valence-corrected chi connectivity index (χ0v) is 20.8. The van der Waals surface area contributed by atoms with E-state index in [1.54, 1.807) is 34.3 Å². The van der Waals surface area contributed by atoms with Gasteiger partial charge in [-0.25, -0.2) is 13.4 Å². The number of nitrogens with one attached hydrogen (secondary N) is 1. The van der Waals surface area contributed by atoms with Gasteiger partial charge in [-0.1, -0.05) is 35.1 Å². The van der Waals surface area contributed by atoms with Crippen LogP contribution in [0.5, 0.6) is 0 Å². The van der Waals surface area contributed by atoms with Gasteiger partial charge in [-0.15, -0.1) is 11.3 Å². The van der Waals surface area contributed by atoms with Crippen molar-refractivity contribution in [3.8, 4) is 5.13 Å². The second kappa shape index (κ2) is 8.80. The summed E-state index contributed by atoms with van der Waals surface area (Å²) in [6.07, 6.45) is 1.24. The van der Waals surface area contributed by atoms with Gasteiger partial charge in [0.15, 0.2) is 0 Å². The zero-order valence-electron chi connectivity index (χ0n) is 17.6. The molecule has 1 aliphatic rings. The highest BCUT2D eigenvalue weighted by Crippen LogP contribution is 2.32. The molecule has 5 rings (SSSR count). The first-order chi connectivity index (χ1) is 15.8. The summed E-state index contributed by atoms with van der Waals surface area (Å²) < 4.78 is 30.0. The summed E-state index contributed by atoms with van der Waals surface area (Å²) in [6.45, 7) is 2.39. The minimum Gasteiger partial charge on any atom is -0.310 e. The van der Waals surface area contributed by atoms with E-state index in [2.05, 4.69) is 15.4 Å². The fourth-order valence-electron chi connectivity index (χ4n) is 3.87. The SMILES string of the molecule is Cc1cc(NC(=O)C2CCCN(S(=O)(=O)c3cccs3)C2)n(-c2nc3c(Cl)cccc3s2)n1. The van der Waals surface area contributed by atoms with Gasteiger partial charge in [-0.3, -0.25) is 4.79 Å². The number of thiazole rings is 1. The third kappa shape index (κ3) is 4.31. The number of thiophene rings is 1. The lowest BCUT2D eigenvalue weighted by molar-refractivity contribution is -0.120. The van der Waals surface area contributed by atoms with E-state index in [0.717, 1.165) is 10.4 Å². The van der Waals surface area contributed by atoms with Gasteiger partial charge in [0.1, 0.15) is 15.5 Å². The van der Waals surface area contributed by atoms with E-state index < -0.39 is 15.9 Å². The fourth-order valence-corrected chi connectivity index (χ4v) is 7.77. The van der Waals surface area contributed by atoms with Crippen LogP contribution in [0.4, 0.5) is 5.82 Å². The molecule has 1 atom stereocenters. The Labute approximate surface area is 203 Å². The molecule has 1 aliphatic heterocycles. The standard InChI is InChI=1S/C21H20ClN5O3S3/c1-13-11-17(27(25-13)21-24-19-15(22)6-2-7-16(19)32-21)23-20(28)14-5-3-9-26(12-14)33(29,30)18-8-4-10-31-18/h2,4,6-8,10-11,14H,3,5,9,12H2,1H3,(H,23,28). The van der Waals surface area contributed by atoms with Crippen LogP contribution in [0.1, 0.15) is 18.5 Å². The number of rotatable bonds is 5. The number of nitrogens with zero attached hydrogens (tertiary/aromatic N) is 4. The minimum atomic E-state index is -3.59. The van der Waals surface area contributed by atoms with Crippen LogP contribution in [0.15, 0.2) is 46.0 Å². The summed E-state index contributed by atoms with van der Waals surface area (Å²) in [5.74, 6) is -0.200. The van der Waals surface area contributed by atoms with Gasteiger partial charge in [0.2, 0.25) is 11.0 Å². The summed E-state index contributed by atoms with van der Waals surface area (Å²) in [5.41, 5.74) is 1.41. The number of piperidine rings is 1. The average molecular weight is 522 g/mol. The smallest absolute Gasteiger partial charge is 0.252 e. The van der Waals surface area contributed by atoms with E-state index in [1.165, 1.54) is 27.0 Å². The minimum absolute atomic E-state index is 0.149. The predicted octanol–water partition coefficient (Wildman–Crippen LogP) is 4.54. The van der Waals surface area contributed by atoms with Gasteiger partial charge in [0, 0.05) is 19.2 Å². The second-order valence-corrected chi connectivity index (χ2v) is 12.3. The molecule has 4 heterocycles. The molecule has 1 unspecified atom stereocenters. The molecule has 1 saturated heterocycles. The second-order valence-electron chi connectivity index (χ2n) is 7.79. The molecule has 1 aromatic carbocycles. The maximum absolute atomic E-state index is 13.1. The van der Waals surface area contributed by atoms with Crippen molar-refractivity contribution in [2.45, 2.75) is 24.0 Å². The highest BCUT2D eigenvalue weighted by atomic mass is 35.5. The van der Waals surface area contributed by atoms with Gasteiger partial charge >= 0.3 is 0 Å². The Kier molecular flexibility index (Phi) is 6.00. The number of hydrogen-bond donors (Lipinski definition) is 1.